The highest BCUT2D eigenvalue weighted by Crippen LogP contribution is 2.58. The first-order valence-corrected chi connectivity index (χ1v) is 29.9. The molecule has 5 aliphatic rings. The summed E-state index contributed by atoms with van der Waals surface area (Å²) in [5.41, 5.74) is 29.1. The van der Waals surface area contributed by atoms with Gasteiger partial charge in [-0.3, -0.25) is 0 Å². The predicted molar refractivity (Wildman–Crippen MR) is 343 cm³/mol. The number of furan rings is 1. The van der Waals surface area contributed by atoms with E-state index in [0.29, 0.717) is 0 Å². The van der Waals surface area contributed by atoms with Gasteiger partial charge in [0.1, 0.15) is 11.2 Å². The van der Waals surface area contributed by atoms with E-state index in [-0.39, 0.29) is 44.8 Å². The zero-order valence-electron chi connectivity index (χ0n) is 50.5. The van der Waals surface area contributed by atoms with Crippen LogP contribution in [0.15, 0.2) is 144 Å². The Morgan fingerprint density at radius 1 is 0.475 bits per heavy atom. The summed E-state index contributed by atoms with van der Waals surface area (Å²) in [6.45, 7) is 38.1. The highest BCUT2D eigenvalue weighted by Gasteiger charge is 2.50. The fourth-order valence-corrected chi connectivity index (χ4v) is 15.3. The second kappa shape index (κ2) is 16.6. The van der Waals surface area contributed by atoms with Gasteiger partial charge in [-0.25, -0.2) is 0 Å². The lowest BCUT2D eigenvalue weighted by Crippen LogP contribution is -2.61. The van der Waals surface area contributed by atoms with Crippen molar-refractivity contribution in [1.29, 1.82) is 0 Å². The van der Waals surface area contributed by atoms with E-state index in [4.69, 9.17) is 4.42 Å². The molecule has 0 amide bonds. The van der Waals surface area contributed by atoms with Crippen LogP contribution in [0.5, 0.6) is 0 Å². The van der Waals surface area contributed by atoms with Crippen molar-refractivity contribution in [3.05, 3.63) is 184 Å². The van der Waals surface area contributed by atoms with Crippen LogP contribution >= 0.6 is 0 Å². The molecule has 8 aromatic carbocycles. The van der Waals surface area contributed by atoms with Crippen molar-refractivity contribution in [3.63, 3.8) is 0 Å². The molecule has 0 spiro atoms. The van der Waals surface area contributed by atoms with Crippen LogP contribution in [-0.4, -0.2) is 6.85 Å². The molecule has 0 saturated heterocycles. The SMILES string of the molecule is CC(C)(C)c1ccc(N(c2ccc(C(C)(C)C)cc2)c2ccc3c(c2)-c2c4c(cc5c2C(C)(C)c2ccccc2-5)Nc2cc5c(cc2B4N3c2ccc3c(c2)C(C)(C)CCC3(C)C)oc2cc3c(cc25)C(C)(C)CCC3(C)C)cc1. The van der Waals surface area contributed by atoms with Gasteiger partial charge in [-0.15, -0.1) is 0 Å². The fraction of sp³-hybridized carbons (Fsp3) is 0.360. The van der Waals surface area contributed by atoms with Crippen molar-refractivity contribution in [2.24, 2.45) is 0 Å². The van der Waals surface area contributed by atoms with E-state index >= 15 is 0 Å². The van der Waals surface area contributed by atoms with Crippen LogP contribution in [0.25, 0.3) is 44.2 Å². The molecule has 0 bridgehead atoms. The van der Waals surface area contributed by atoms with E-state index in [1.807, 2.05) is 0 Å². The molecule has 80 heavy (non-hydrogen) atoms. The van der Waals surface area contributed by atoms with Crippen molar-refractivity contribution in [3.8, 4) is 22.3 Å². The second-order valence-corrected chi connectivity index (χ2v) is 30.0. The third-order valence-corrected chi connectivity index (χ3v) is 20.5. The predicted octanol–water partition coefficient (Wildman–Crippen LogP) is 19.6. The summed E-state index contributed by atoms with van der Waals surface area (Å²) in [6.07, 6.45) is 4.64. The number of benzene rings is 8. The van der Waals surface area contributed by atoms with Crippen LogP contribution in [0.3, 0.4) is 0 Å². The smallest absolute Gasteiger partial charge is 0.333 e. The van der Waals surface area contributed by atoms with Crippen molar-refractivity contribution >= 4 is 79.5 Å². The minimum atomic E-state index is -0.285. The van der Waals surface area contributed by atoms with E-state index in [9.17, 15) is 0 Å². The zero-order valence-corrected chi connectivity index (χ0v) is 50.5. The maximum absolute atomic E-state index is 7.19. The summed E-state index contributed by atoms with van der Waals surface area (Å²) in [4.78, 5) is 5.21. The maximum atomic E-state index is 7.19. The molecular weight excluding hydrogens is 970 g/mol. The lowest BCUT2D eigenvalue weighted by atomic mass is 9.43. The summed E-state index contributed by atoms with van der Waals surface area (Å²) in [5.74, 6) is 0. The van der Waals surface area contributed by atoms with Crippen molar-refractivity contribution in [1.82, 2.24) is 0 Å². The standard InChI is InChI=1S/C75H80BN3O/c1-69(2,3)44-21-25-46(26-22-44)78(47-27-23-45(24-28-47)70(4,5)6)48-30-32-63-54(37-48)66-67-53(50-19-17-18-20-55(50)75(67,15)16)41-62-68(66)76(79(63)49-29-31-56-57(38-49)72(9,10)34-33-71(56,7)8)60-43-65-52(40-61(60)77-62)51-39-58-59(42-64(51)80-65)74(13,14)36-35-73(58,11)12/h17-32,37-43,77H,33-36H2,1-16H3. The molecule has 14 rings (SSSR count). The average molecular weight is 1050 g/mol. The Morgan fingerprint density at radius 3 is 1.62 bits per heavy atom. The van der Waals surface area contributed by atoms with Crippen molar-refractivity contribution in [2.45, 2.75) is 174 Å². The number of fused-ring (bicyclic) bond motifs is 13. The van der Waals surface area contributed by atoms with E-state index in [0.717, 1.165) is 46.8 Å². The van der Waals surface area contributed by atoms with Gasteiger partial charge in [-0.05, 0) is 215 Å². The van der Waals surface area contributed by atoms with Crippen LogP contribution < -0.4 is 26.0 Å². The second-order valence-electron chi connectivity index (χ2n) is 30.0. The number of anilines is 7. The lowest BCUT2D eigenvalue weighted by Gasteiger charge is -2.46. The Kier molecular flexibility index (Phi) is 10.6. The van der Waals surface area contributed by atoms with Gasteiger partial charge < -0.3 is 19.4 Å². The Hall–Kier alpha value is -6.98. The number of hydrogen-bond acceptors (Lipinski definition) is 4. The van der Waals surface area contributed by atoms with Crippen molar-refractivity contribution < 1.29 is 4.42 Å². The lowest BCUT2D eigenvalue weighted by molar-refractivity contribution is 0.332. The van der Waals surface area contributed by atoms with Crippen molar-refractivity contribution in [2.75, 3.05) is 15.0 Å². The third kappa shape index (κ3) is 7.46. The molecule has 0 atom stereocenters. The number of hydrogen-bond donors (Lipinski definition) is 1. The largest absolute Gasteiger partial charge is 0.456 e. The normalized spacial score (nSPS) is 18.4. The van der Waals surface area contributed by atoms with Gasteiger partial charge in [0.25, 0.3) is 0 Å². The van der Waals surface area contributed by atoms with Gasteiger partial charge in [-0.1, -0.05) is 165 Å². The van der Waals surface area contributed by atoms with Gasteiger partial charge >= 0.3 is 6.85 Å². The average Bonchev–Trinajstić information content (AvgIpc) is 3.58. The summed E-state index contributed by atoms with van der Waals surface area (Å²) < 4.78 is 7.19. The van der Waals surface area contributed by atoms with Gasteiger partial charge in [0.05, 0.1) is 0 Å². The Morgan fingerprint density at radius 2 is 1.01 bits per heavy atom. The minimum Gasteiger partial charge on any atom is -0.456 e. The van der Waals surface area contributed by atoms with Crippen LogP contribution in [0.2, 0.25) is 0 Å². The molecule has 1 aromatic heterocycles. The molecule has 3 heterocycles. The summed E-state index contributed by atoms with van der Waals surface area (Å²) in [6, 6.07) is 55.0. The molecule has 0 saturated carbocycles. The first kappa shape index (κ1) is 51.2. The molecule has 9 aromatic rings. The first-order valence-electron chi connectivity index (χ1n) is 29.9. The van der Waals surface area contributed by atoms with Gasteiger partial charge in [0.2, 0.25) is 0 Å². The molecule has 3 aliphatic carbocycles. The highest BCUT2D eigenvalue weighted by atomic mass is 16.3. The van der Waals surface area contributed by atoms with E-state index < -0.39 is 0 Å². The number of rotatable bonds is 4. The van der Waals surface area contributed by atoms with Crippen LogP contribution in [0.1, 0.15) is 181 Å². The molecule has 404 valence electrons. The van der Waals surface area contributed by atoms with Gasteiger partial charge in [0.15, 0.2) is 0 Å². The maximum Gasteiger partial charge on any atom is 0.333 e. The van der Waals surface area contributed by atoms with E-state index in [1.54, 1.807) is 0 Å². The summed E-state index contributed by atoms with van der Waals surface area (Å²) in [5, 5.41) is 6.60. The Balaban J connectivity index is 1.07. The summed E-state index contributed by atoms with van der Waals surface area (Å²) >= 11 is 0. The topological polar surface area (TPSA) is 31.6 Å². The molecule has 1 N–H and O–H groups in total. The Bertz CT molecular complexity index is 4040. The minimum absolute atomic E-state index is 0.0172. The van der Waals surface area contributed by atoms with E-state index in [1.165, 1.54) is 118 Å². The van der Waals surface area contributed by atoms with E-state index in [2.05, 4.69) is 265 Å². The molecule has 0 radical (unpaired) electrons. The highest BCUT2D eigenvalue weighted by molar-refractivity contribution is 6.93. The fourth-order valence-electron chi connectivity index (χ4n) is 15.3. The monoisotopic (exact) mass is 1050 g/mol. The quantitative estimate of drug-likeness (QED) is 0.178. The van der Waals surface area contributed by atoms with Crippen LogP contribution in [0.4, 0.5) is 39.8 Å². The molecule has 4 nitrogen and oxygen atoms in total. The van der Waals surface area contributed by atoms with Crippen LogP contribution in [0, 0.1) is 0 Å². The summed E-state index contributed by atoms with van der Waals surface area (Å²) in [7, 11) is 0. The van der Waals surface area contributed by atoms with Crippen LogP contribution in [-0.2, 0) is 37.9 Å². The third-order valence-electron chi connectivity index (χ3n) is 20.5. The zero-order chi connectivity index (χ0) is 56.2. The molecule has 0 fully saturated rings. The van der Waals surface area contributed by atoms with Gasteiger partial charge in [-0.2, -0.15) is 0 Å². The molecule has 5 heteroatoms. The van der Waals surface area contributed by atoms with Gasteiger partial charge in [0, 0.05) is 61.6 Å². The molecular formula is C75H80BN3O. The Labute approximate surface area is 477 Å². The number of nitrogens with one attached hydrogen (secondary N) is 1. The molecule has 2 aliphatic heterocycles. The first-order chi connectivity index (χ1) is 37.6. The molecule has 0 unspecified atom stereocenters. The number of nitrogens with zero attached hydrogens (tertiary/aromatic N) is 2.